The van der Waals surface area contributed by atoms with E-state index in [0.29, 0.717) is 17.9 Å². The SMILES string of the molecule is CCOc1cccc(/C=N/NS(=O)(=O)c2ccc(C)c(C)c2)c1O. The zero-order valence-electron chi connectivity index (χ0n) is 13.8. The van der Waals surface area contributed by atoms with E-state index in [1.54, 1.807) is 37.3 Å². The summed E-state index contributed by atoms with van der Waals surface area (Å²) in [6.45, 7) is 5.96. The summed E-state index contributed by atoms with van der Waals surface area (Å²) in [5.41, 5.74) is 2.24. The Labute approximate surface area is 141 Å². The monoisotopic (exact) mass is 348 g/mol. The van der Waals surface area contributed by atoms with Gasteiger partial charge in [0, 0.05) is 5.56 Å². The molecule has 128 valence electrons. The highest BCUT2D eigenvalue weighted by Gasteiger charge is 2.13. The van der Waals surface area contributed by atoms with Crippen molar-refractivity contribution in [1.29, 1.82) is 0 Å². The maximum atomic E-state index is 12.2. The second-order valence-corrected chi connectivity index (χ2v) is 6.89. The van der Waals surface area contributed by atoms with Crippen LogP contribution in [0.2, 0.25) is 0 Å². The van der Waals surface area contributed by atoms with Gasteiger partial charge in [-0.15, -0.1) is 0 Å². The van der Waals surface area contributed by atoms with E-state index in [9.17, 15) is 13.5 Å². The molecule has 0 aliphatic carbocycles. The second kappa shape index (κ2) is 7.35. The van der Waals surface area contributed by atoms with Gasteiger partial charge in [-0.05, 0) is 56.2 Å². The lowest BCUT2D eigenvalue weighted by atomic mass is 10.1. The number of hydrogen-bond donors (Lipinski definition) is 2. The van der Waals surface area contributed by atoms with Crippen LogP contribution in [0.5, 0.6) is 11.5 Å². The first-order chi connectivity index (χ1) is 11.3. The Balaban J connectivity index is 2.19. The minimum Gasteiger partial charge on any atom is -0.504 e. The van der Waals surface area contributed by atoms with Gasteiger partial charge in [0.15, 0.2) is 11.5 Å². The first-order valence-corrected chi connectivity index (χ1v) is 8.90. The third-order valence-electron chi connectivity index (χ3n) is 3.50. The number of phenols is 1. The molecule has 0 aliphatic heterocycles. The van der Waals surface area contributed by atoms with Crippen molar-refractivity contribution in [3.63, 3.8) is 0 Å². The van der Waals surface area contributed by atoms with Crippen LogP contribution in [0.15, 0.2) is 46.4 Å². The third kappa shape index (κ3) is 4.05. The predicted molar refractivity (Wildman–Crippen MR) is 93.1 cm³/mol. The molecule has 2 aromatic rings. The van der Waals surface area contributed by atoms with E-state index in [4.69, 9.17) is 4.74 Å². The Bertz CT molecular complexity index is 861. The Morgan fingerprint density at radius 2 is 1.96 bits per heavy atom. The standard InChI is InChI=1S/C17H20N2O4S/c1-4-23-16-7-5-6-14(17(16)20)11-18-19-24(21,22)15-9-8-12(2)13(3)10-15/h5-11,19-20H,4H2,1-3H3/b18-11+. The van der Waals surface area contributed by atoms with Gasteiger partial charge in [-0.1, -0.05) is 12.1 Å². The van der Waals surface area contributed by atoms with Crippen LogP contribution < -0.4 is 9.57 Å². The van der Waals surface area contributed by atoms with Crippen LogP contribution >= 0.6 is 0 Å². The van der Waals surface area contributed by atoms with Gasteiger partial charge < -0.3 is 9.84 Å². The fraction of sp³-hybridized carbons (Fsp3) is 0.235. The minimum absolute atomic E-state index is 0.0894. The van der Waals surface area contributed by atoms with Crippen molar-refractivity contribution >= 4 is 16.2 Å². The normalized spacial score (nSPS) is 11.6. The molecular weight excluding hydrogens is 328 g/mol. The average molecular weight is 348 g/mol. The van der Waals surface area contributed by atoms with Crippen LogP contribution in [0.25, 0.3) is 0 Å². The van der Waals surface area contributed by atoms with Gasteiger partial charge in [0.25, 0.3) is 10.0 Å². The van der Waals surface area contributed by atoms with Crippen molar-refractivity contribution < 1.29 is 18.3 Å². The summed E-state index contributed by atoms with van der Waals surface area (Å²) in [7, 11) is -3.76. The fourth-order valence-electron chi connectivity index (χ4n) is 2.01. The molecule has 6 nitrogen and oxygen atoms in total. The Hall–Kier alpha value is -2.54. The molecule has 0 unspecified atom stereocenters. The number of hydrazone groups is 1. The minimum atomic E-state index is -3.76. The topological polar surface area (TPSA) is 88.0 Å². The largest absolute Gasteiger partial charge is 0.504 e. The molecule has 2 N–H and O–H groups in total. The van der Waals surface area contributed by atoms with Crippen molar-refractivity contribution in [2.24, 2.45) is 5.10 Å². The Kier molecular flexibility index (Phi) is 5.46. The van der Waals surface area contributed by atoms with Crippen molar-refractivity contribution in [3.8, 4) is 11.5 Å². The van der Waals surface area contributed by atoms with Gasteiger partial charge in [-0.3, -0.25) is 0 Å². The van der Waals surface area contributed by atoms with E-state index in [1.165, 1.54) is 12.3 Å². The van der Waals surface area contributed by atoms with E-state index < -0.39 is 10.0 Å². The van der Waals surface area contributed by atoms with Gasteiger partial charge >= 0.3 is 0 Å². The van der Waals surface area contributed by atoms with Crippen molar-refractivity contribution in [2.45, 2.75) is 25.7 Å². The molecule has 0 radical (unpaired) electrons. The molecule has 0 spiro atoms. The van der Waals surface area contributed by atoms with Gasteiger partial charge in [0.1, 0.15) is 0 Å². The number of hydrogen-bond acceptors (Lipinski definition) is 5. The van der Waals surface area contributed by atoms with E-state index in [2.05, 4.69) is 9.93 Å². The first kappa shape index (κ1) is 17.8. The maximum Gasteiger partial charge on any atom is 0.276 e. The number of nitrogens with zero attached hydrogens (tertiary/aromatic N) is 1. The number of sulfonamides is 1. The number of para-hydroxylation sites is 1. The third-order valence-corrected chi connectivity index (χ3v) is 4.72. The van der Waals surface area contributed by atoms with E-state index in [-0.39, 0.29) is 10.6 Å². The molecular formula is C17H20N2O4S. The molecule has 0 aliphatic rings. The lowest BCUT2D eigenvalue weighted by Crippen LogP contribution is -2.18. The number of benzene rings is 2. The Morgan fingerprint density at radius 3 is 2.62 bits per heavy atom. The lowest BCUT2D eigenvalue weighted by Gasteiger charge is -2.08. The molecule has 0 saturated carbocycles. The van der Waals surface area contributed by atoms with E-state index in [1.807, 2.05) is 13.8 Å². The zero-order valence-corrected chi connectivity index (χ0v) is 14.6. The molecule has 24 heavy (non-hydrogen) atoms. The van der Waals surface area contributed by atoms with Crippen LogP contribution in [-0.4, -0.2) is 26.3 Å². The quantitative estimate of drug-likeness (QED) is 0.621. The molecule has 0 heterocycles. The zero-order chi connectivity index (χ0) is 17.7. The molecule has 7 heteroatoms. The van der Waals surface area contributed by atoms with Crippen molar-refractivity contribution in [1.82, 2.24) is 4.83 Å². The van der Waals surface area contributed by atoms with Gasteiger partial charge in [-0.2, -0.15) is 13.5 Å². The number of phenolic OH excluding ortho intramolecular Hbond substituents is 1. The first-order valence-electron chi connectivity index (χ1n) is 7.42. The molecule has 0 fully saturated rings. The summed E-state index contributed by atoms with van der Waals surface area (Å²) >= 11 is 0. The average Bonchev–Trinajstić information content (AvgIpc) is 2.53. The highest BCUT2D eigenvalue weighted by atomic mass is 32.2. The van der Waals surface area contributed by atoms with Crippen LogP contribution in [-0.2, 0) is 10.0 Å². The van der Waals surface area contributed by atoms with Gasteiger partial charge in [-0.25, -0.2) is 4.83 Å². The van der Waals surface area contributed by atoms with Crippen LogP contribution in [0.3, 0.4) is 0 Å². The van der Waals surface area contributed by atoms with Gasteiger partial charge in [0.2, 0.25) is 0 Å². The number of aryl methyl sites for hydroxylation is 2. The second-order valence-electron chi connectivity index (χ2n) is 5.23. The summed E-state index contributed by atoms with van der Waals surface area (Å²) < 4.78 is 29.7. The molecule has 0 bridgehead atoms. The molecule has 0 amide bonds. The van der Waals surface area contributed by atoms with E-state index in [0.717, 1.165) is 11.1 Å². The number of rotatable bonds is 6. The highest BCUT2D eigenvalue weighted by molar-refractivity contribution is 7.89. The van der Waals surface area contributed by atoms with Crippen molar-refractivity contribution in [3.05, 3.63) is 53.1 Å². The maximum absolute atomic E-state index is 12.2. The number of ether oxygens (including phenoxy) is 1. The molecule has 2 rings (SSSR count). The highest BCUT2D eigenvalue weighted by Crippen LogP contribution is 2.28. The summed E-state index contributed by atoms with van der Waals surface area (Å²) in [5, 5.41) is 13.8. The fourth-order valence-corrected chi connectivity index (χ4v) is 2.89. The van der Waals surface area contributed by atoms with Gasteiger partial charge in [0.05, 0.1) is 17.7 Å². The number of aromatic hydroxyl groups is 1. The van der Waals surface area contributed by atoms with Crippen LogP contribution in [0.4, 0.5) is 0 Å². The Morgan fingerprint density at radius 1 is 1.21 bits per heavy atom. The molecule has 0 atom stereocenters. The predicted octanol–water partition coefficient (Wildman–Crippen LogP) is 2.72. The summed E-state index contributed by atoms with van der Waals surface area (Å²) in [6, 6.07) is 9.75. The summed E-state index contributed by atoms with van der Waals surface area (Å²) in [6.07, 6.45) is 1.23. The molecule has 0 saturated heterocycles. The summed E-state index contributed by atoms with van der Waals surface area (Å²) in [4.78, 5) is 2.27. The number of nitrogens with one attached hydrogen (secondary N) is 1. The van der Waals surface area contributed by atoms with Crippen LogP contribution in [0.1, 0.15) is 23.6 Å². The smallest absolute Gasteiger partial charge is 0.276 e. The lowest BCUT2D eigenvalue weighted by molar-refractivity contribution is 0.318. The molecule has 2 aromatic carbocycles. The van der Waals surface area contributed by atoms with E-state index >= 15 is 0 Å². The molecule has 0 aromatic heterocycles. The van der Waals surface area contributed by atoms with Crippen LogP contribution in [0, 0.1) is 13.8 Å². The van der Waals surface area contributed by atoms with Crippen molar-refractivity contribution in [2.75, 3.05) is 6.61 Å². The summed E-state index contributed by atoms with van der Waals surface area (Å²) in [5.74, 6) is 0.229.